The van der Waals surface area contributed by atoms with Gasteiger partial charge >= 0.3 is 6.09 Å². The second-order valence-electron chi connectivity index (χ2n) is 7.97. The maximum Gasteiger partial charge on any atom is 0.413 e. The maximum atomic E-state index is 13.0. The van der Waals surface area contributed by atoms with E-state index < -0.39 is 23.1 Å². The van der Waals surface area contributed by atoms with Gasteiger partial charge in [0.15, 0.2) is 17.1 Å². The topological polar surface area (TPSA) is 126 Å². The van der Waals surface area contributed by atoms with Crippen molar-refractivity contribution in [2.45, 2.75) is 51.1 Å². The van der Waals surface area contributed by atoms with Crippen LogP contribution in [0.3, 0.4) is 0 Å². The Balaban J connectivity index is 1.68. The lowest BCUT2D eigenvalue weighted by atomic mass is 9.91. The molecular formula is C20H24N4O5S. The molecule has 1 aliphatic carbocycles. The SMILES string of the molecule is CC(C)(C)OC(=O)Nc1ccc(C(=O)C2CCCC3=C(SC(NC=O)N3)C2=O)cn1. The van der Waals surface area contributed by atoms with Crippen LogP contribution in [0.2, 0.25) is 0 Å². The first-order chi connectivity index (χ1) is 14.2. The van der Waals surface area contributed by atoms with E-state index in [9.17, 15) is 19.2 Å². The number of carbonyl (C=O) groups is 4. The third-order valence-electron chi connectivity index (χ3n) is 4.49. The Labute approximate surface area is 178 Å². The standard InChI is InChI=1S/C20H24N4O5S/c1-20(2,3)29-19(28)24-14-8-7-11(9-21-14)15(26)12-5-4-6-13-17(16(12)27)30-18(23-13)22-10-25/h7-10,12,18,23H,4-6H2,1-3H3,(H,22,25)(H,21,24,28). The van der Waals surface area contributed by atoms with Crippen LogP contribution < -0.4 is 16.0 Å². The maximum absolute atomic E-state index is 13.0. The van der Waals surface area contributed by atoms with Crippen molar-refractivity contribution in [2.75, 3.05) is 5.32 Å². The summed E-state index contributed by atoms with van der Waals surface area (Å²) in [5, 5.41) is 8.20. The van der Waals surface area contributed by atoms with Crippen LogP contribution in [-0.2, 0) is 14.3 Å². The molecule has 1 aliphatic heterocycles. The summed E-state index contributed by atoms with van der Waals surface area (Å²) in [5.74, 6) is -1.10. The molecule has 2 heterocycles. The van der Waals surface area contributed by atoms with Gasteiger partial charge in [-0.2, -0.15) is 0 Å². The fourth-order valence-electron chi connectivity index (χ4n) is 3.22. The summed E-state index contributed by atoms with van der Waals surface area (Å²) in [4.78, 5) is 53.1. The molecule has 2 atom stereocenters. The zero-order valence-corrected chi connectivity index (χ0v) is 17.8. The van der Waals surface area contributed by atoms with Crippen molar-refractivity contribution in [2.24, 2.45) is 5.92 Å². The number of nitrogens with zero attached hydrogens (tertiary/aromatic N) is 1. The molecule has 10 heteroatoms. The van der Waals surface area contributed by atoms with E-state index in [-0.39, 0.29) is 17.4 Å². The predicted octanol–water partition coefficient (Wildman–Crippen LogP) is 2.56. The predicted molar refractivity (Wildman–Crippen MR) is 112 cm³/mol. The van der Waals surface area contributed by atoms with Gasteiger partial charge in [0, 0.05) is 17.5 Å². The molecule has 0 spiro atoms. The summed E-state index contributed by atoms with van der Waals surface area (Å²) in [5.41, 5.74) is 0.0336. The van der Waals surface area contributed by atoms with E-state index in [1.54, 1.807) is 20.8 Å². The Bertz CT molecular complexity index is 891. The zero-order chi connectivity index (χ0) is 21.9. The number of rotatable bonds is 5. The number of allylic oxidation sites excluding steroid dienone is 2. The summed E-state index contributed by atoms with van der Waals surface area (Å²) in [7, 11) is 0. The van der Waals surface area contributed by atoms with Crippen LogP contribution in [0.5, 0.6) is 0 Å². The van der Waals surface area contributed by atoms with Crippen LogP contribution in [0, 0.1) is 5.92 Å². The van der Waals surface area contributed by atoms with Gasteiger partial charge in [0.2, 0.25) is 6.41 Å². The number of Topliss-reactive ketones (excluding diaryl/α,β-unsaturated/α-hetero) is 2. The highest BCUT2D eigenvalue weighted by Gasteiger charge is 2.38. The number of ketones is 2. The third kappa shape index (κ3) is 5.18. The van der Waals surface area contributed by atoms with Gasteiger partial charge in [-0.1, -0.05) is 11.8 Å². The fraction of sp³-hybridized carbons (Fsp3) is 0.450. The Hall–Kier alpha value is -2.88. The smallest absolute Gasteiger partial charge is 0.413 e. The number of amides is 2. The normalized spacial score (nSPS) is 21.2. The number of hydrogen-bond donors (Lipinski definition) is 3. The van der Waals surface area contributed by atoms with Gasteiger partial charge in [-0.15, -0.1) is 0 Å². The Morgan fingerprint density at radius 2 is 2.10 bits per heavy atom. The number of pyridine rings is 1. The number of hydrogen-bond acceptors (Lipinski definition) is 8. The first-order valence-electron chi connectivity index (χ1n) is 9.58. The van der Waals surface area contributed by atoms with Crippen molar-refractivity contribution >= 4 is 41.6 Å². The monoisotopic (exact) mass is 432 g/mol. The summed E-state index contributed by atoms with van der Waals surface area (Å²) < 4.78 is 5.17. The van der Waals surface area contributed by atoms with Crippen LogP contribution in [0.4, 0.5) is 10.6 Å². The molecule has 1 aromatic rings. The van der Waals surface area contributed by atoms with E-state index in [4.69, 9.17) is 4.74 Å². The zero-order valence-electron chi connectivity index (χ0n) is 17.0. The fourth-order valence-corrected chi connectivity index (χ4v) is 4.34. The Morgan fingerprint density at radius 1 is 1.33 bits per heavy atom. The van der Waals surface area contributed by atoms with E-state index in [0.29, 0.717) is 36.1 Å². The second-order valence-corrected chi connectivity index (χ2v) is 9.08. The molecule has 0 radical (unpaired) electrons. The van der Waals surface area contributed by atoms with E-state index >= 15 is 0 Å². The third-order valence-corrected chi connectivity index (χ3v) is 5.66. The molecule has 0 bridgehead atoms. The first kappa shape index (κ1) is 21.8. The van der Waals surface area contributed by atoms with E-state index in [0.717, 1.165) is 5.70 Å². The highest BCUT2D eigenvalue weighted by atomic mass is 32.2. The molecule has 0 saturated heterocycles. The van der Waals surface area contributed by atoms with E-state index in [1.165, 1.54) is 30.1 Å². The molecule has 3 N–H and O–H groups in total. The van der Waals surface area contributed by atoms with Crippen LogP contribution in [0.15, 0.2) is 28.9 Å². The molecular weight excluding hydrogens is 408 g/mol. The van der Waals surface area contributed by atoms with E-state index in [1.807, 2.05) is 0 Å². The van der Waals surface area contributed by atoms with Crippen molar-refractivity contribution in [1.29, 1.82) is 0 Å². The lowest BCUT2D eigenvalue weighted by Gasteiger charge is -2.19. The largest absolute Gasteiger partial charge is 0.444 e. The summed E-state index contributed by atoms with van der Waals surface area (Å²) in [6.07, 6.45) is 3.04. The van der Waals surface area contributed by atoms with Gasteiger partial charge < -0.3 is 15.4 Å². The number of anilines is 1. The van der Waals surface area contributed by atoms with Crippen molar-refractivity contribution in [3.8, 4) is 0 Å². The van der Waals surface area contributed by atoms with Gasteiger partial charge in [0.05, 0.1) is 10.8 Å². The van der Waals surface area contributed by atoms with Crippen molar-refractivity contribution in [1.82, 2.24) is 15.6 Å². The summed E-state index contributed by atoms with van der Waals surface area (Å²) >= 11 is 1.22. The van der Waals surface area contributed by atoms with Gasteiger partial charge in [-0.05, 0) is 52.2 Å². The Morgan fingerprint density at radius 3 is 2.73 bits per heavy atom. The highest BCUT2D eigenvalue weighted by molar-refractivity contribution is 8.04. The molecule has 0 fully saturated rings. The van der Waals surface area contributed by atoms with Crippen LogP contribution in [0.1, 0.15) is 50.4 Å². The van der Waals surface area contributed by atoms with Gasteiger partial charge in [0.1, 0.15) is 11.4 Å². The number of ether oxygens (including phenoxy) is 1. The van der Waals surface area contributed by atoms with E-state index in [2.05, 4.69) is 20.9 Å². The molecule has 2 unspecified atom stereocenters. The summed E-state index contributed by atoms with van der Waals surface area (Å²) in [6.45, 7) is 5.26. The summed E-state index contributed by atoms with van der Waals surface area (Å²) in [6, 6.07) is 3.03. The quantitative estimate of drug-likeness (QED) is 0.368. The highest BCUT2D eigenvalue weighted by Crippen LogP contribution is 2.38. The molecule has 1 aromatic heterocycles. The molecule has 160 valence electrons. The molecule has 2 aliphatic rings. The van der Waals surface area contributed by atoms with Gasteiger partial charge in [-0.25, -0.2) is 9.78 Å². The lowest BCUT2D eigenvalue weighted by Crippen LogP contribution is -2.34. The molecule has 2 amide bonds. The number of aromatic nitrogens is 1. The first-order valence-corrected chi connectivity index (χ1v) is 10.5. The van der Waals surface area contributed by atoms with Crippen LogP contribution in [-0.4, -0.2) is 40.2 Å². The average molecular weight is 433 g/mol. The second kappa shape index (κ2) is 8.86. The molecule has 30 heavy (non-hydrogen) atoms. The average Bonchev–Trinajstić information content (AvgIpc) is 3.00. The van der Waals surface area contributed by atoms with Crippen molar-refractivity contribution in [3.63, 3.8) is 0 Å². The molecule has 9 nitrogen and oxygen atoms in total. The molecule has 0 aromatic carbocycles. The lowest BCUT2D eigenvalue weighted by molar-refractivity contribution is -0.117. The minimum atomic E-state index is -0.798. The molecule has 3 rings (SSSR count). The minimum Gasteiger partial charge on any atom is -0.444 e. The van der Waals surface area contributed by atoms with Crippen molar-refractivity contribution in [3.05, 3.63) is 34.5 Å². The minimum absolute atomic E-state index is 0.240. The number of carbonyl (C=O) groups excluding carboxylic acids is 4. The van der Waals surface area contributed by atoms with Crippen LogP contribution in [0.25, 0.3) is 0 Å². The van der Waals surface area contributed by atoms with Gasteiger partial charge in [0.25, 0.3) is 0 Å². The Kier molecular flexibility index (Phi) is 6.45. The van der Waals surface area contributed by atoms with Gasteiger partial charge in [-0.3, -0.25) is 19.7 Å². The van der Waals surface area contributed by atoms with Crippen LogP contribution >= 0.6 is 11.8 Å². The number of thioether (sulfide) groups is 1. The number of nitrogens with one attached hydrogen (secondary N) is 3. The van der Waals surface area contributed by atoms with Crippen molar-refractivity contribution < 1.29 is 23.9 Å². The molecule has 0 saturated carbocycles.